The van der Waals surface area contributed by atoms with Crippen molar-refractivity contribution in [3.8, 4) is 0 Å². The smallest absolute Gasteiger partial charge is 0.405 e. The van der Waals surface area contributed by atoms with Crippen LogP contribution in [0.4, 0.5) is 5.69 Å². The van der Waals surface area contributed by atoms with Crippen molar-refractivity contribution in [3.63, 3.8) is 0 Å². The quantitative estimate of drug-likeness (QED) is 0.468. The first-order chi connectivity index (χ1) is 5.88. The second kappa shape index (κ2) is 3.17. The Balaban J connectivity index is 2.26. The Hall–Kier alpha value is -0.995. The van der Waals surface area contributed by atoms with E-state index in [4.69, 9.17) is 15.0 Å². The third kappa shape index (κ3) is 1.31. The number of nitrogen functional groups attached to an aromatic ring is 1. The molecule has 12 heavy (non-hydrogen) atoms. The van der Waals surface area contributed by atoms with Gasteiger partial charge in [-0.05, 0) is 6.07 Å². The average molecular weight is 163 g/mol. The molecule has 1 fully saturated rings. The maximum absolute atomic E-state index is 5.74. The molecule has 1 aromatic carbocycles. The van der Waals surface area contributed by atoms with Gasteiger partial charge in [0.05, 0.1) is 13.2 Å². The molecule has 0 unspecified atom stereocenters. The van der Waals surface area contributed by atoms with Gasteiger partial charge in [-0.1, -0.05) is 18.2 Å². The van der Waals surface area contributed by atoms with Gasteiger partial charge >= 0.3 is 7.12 Å². The van der Waals surface area contributed by atoms with Gasteiger partial charge < -0.3 is 15.0 Å². The van der Waals surface area contributed by atoms with Gasteiger partial charge in [-0.2, -0.15) is 0 Å². The molecule has 1 aliphatic heterocycles. The van der Waals surface area contributed by atoms with Crippen molar-refractivity contribution in [2.24, 2.45) is 0 Å². The highest BCUT2D eigenvalue weighted by Gasteiger charge is 2.27. The first-order valence-electron chi connectivity index (χ1n) is 3.95. The van der Waals surface area contributed by atoms with E-state index in [1.54, 1.807) is 0 Å². The molecule has 0 atom stereocenters. The summed E-state index contributed by atoms with van der Waals surface area (Å²) in [7, 11) is -0.258. The van der Waals surface area contributed by atoms with Crippen molar-refractivity contribution in [1.29, 1.82) is 0 Å². The highest BCUT2D eigenvalue weighted by Crippen LogP contribution is 2.05. The first kappa shape index (κ1) is 7.64. The maximum Gasteiger partial charge on any atom is 0.496 e. The van der Waals surface area contributed by atoms with Crippen molar-refractivity contribution < 1.29 is 9.31 Å². The number of nitrogens with two attached hydrogens (primary N) is 1. The number of hydrogen-bond acceptors (Lipinski definition) is 3. The van der Waals surface area contributed by atoms with Crippen LogP contribution in [0, 0.1) is 0 Å². The lowest BCUT2D eigenvalue weighted by molar-refractivity contribution is 0.365. The van der Waals surface area contributed by atoms with Crippen molar-refractivity contribution in [2.45, 2.75) is 0 Å². The molecule has 1 heterocycles. The van der Waals surface area contributed by atoms with E-state index in [1.807, 2.05) is 24.3 Å². The van der Waals surface area contributed by atoms with Crippen molar-refractivity contribution in [1.82, 2.24) is 0 Å². The second-order valence-corrected chi connectivity index (χ2v) is 2.70. The van der Waals surface area contributed by atoms with E-state index >= 15 is 0 Å². The summed E-state index contributed by atoms with van der Waals surface area (Å²) in [5.74, 6) is 0. The molecule has 2 N–H and O–H groups in total. The van der Waals surface area contributed by atoms with Crippen molar-refractivity contribution >= 4 is 18.3 Å². The van der Waals surface area contributed by atoms with E-state index < -0.39 is 0 Å². The maximum atomic E-state index is 5.74. The fourth-order valence-corrected chi connectivity index (χ4v) is 1.26. The zero-order valence-electron chi connectivity index (χ0n) is 6.69. The third-order valence-corrected chi connectivity index (χ3v) is 1.87. The summed E-state index contributed by atoms with van der Waals surface area (Å²) >= 11 is 0. The van der Waals surface area contributed by atoms with E-state index in [0.29, 0.717) is 13.2 Å². The number of anilines is 1. The van der Waals surface area contributed by atoms with Crippen molar-refractivity contribution in [2.75, 3.05) is 18.9 Å². The summed E-state index contributed by atoms with van der Waals surface area (Å²) in [4.78, 5) is 0. The molecule has 1 aromatic rings. The third-order valence-electron chi connectivity index (χ3n) is 1.87. The number of hydrogen-bond donors (Lipinski definition) is 1. The zero-order chi connectivity index (χ0) is 8.39. The fraction of sp³-hybridized carbons (Fsp3) is 0.250. The molecular weight excluding hydrogens is 153 g/mol. The summed E-state index contributed by atoms with van der Waals surface area (Å²) in [6, 6.07) is 7.59. The predicted octanol–water partition coefficient (Wildman–Crippen LogP) is 0.0108. The summed E-state index contributed by atoms with van der Waals surface area (Å²) < 4.78 is 10.6. The standard InChI is InChI=1S/C8H10BNO2/c10-8-4-2-1-3-7(8)9-11-5-6-12-9/h1-4H,5-6,10H2. The predicted molar refractivity (Wildman–Crippen MR) is 48.1 cm³/mol. The highest BCUT2D eigenvalue weighted by molar-refractivity contribution is 6.63. The van der Waals surface area contributed by atoms with Crippen LogP contribution in [0.1, 0.15) is 0 Å². The highest BCUT2D eigenvalue weighted by atomic mass is 16.6. The lowest BCUT2D eigenvalue weighted by atomic mass is 9.78. The molecule has 62 valence electrons. The Bertz CT molecular complexity index is 274. The SMILES string of the molecule is Nc1ccccc1B1OCCO1. The fourth-order valence-electron chi connectivity index (χ4n) is 1.26. The lowest BCUT2D eigenvalue weighted by Crippen LogP contribution is -2.33. The molecule has 0 aromatic heterocycles. The molecule has 1 saturated heterocycles. The van der Waals surface area contributed by atoms with Gasteiger partial charge in [-0.25, -0.2) is 0 Å². The average Bonchev–Trinajstić information content (AvgIpc) is 2.57. The minimum atomic E-state index is -0.258. The Labute approximate surface area is 71.6 Å². The van der Waals surface area contributed by atoms with Crippen LogP contribution in [0.15, 0.2) is 24.3 Å². The molecule has 0 amide bonds. The van der Waals surface area contributed by atoms with Gasteiger partial charge in [0.25, 0.3) is 0 Å². The van der Waals surface area contributed by atoms with Gasteiger partial charge in [0, 0.05) is 11.2 Å². The van der Waals surface area contributed by atoms with Crippen LogP contribution in [0.2, 0.25) is 0 Å². The van der Waals surface area contributed by atoms with E-state index in [2.05, 4.69) is 0 Å². The van der Waals surface area contributed by atoms with Crippen LogP contribution in [-0.4, -0.2) is 20.3 Å². The van der Waals surface area contributed by atoms with Gasteiger partial charge in [0.2, 0.25) is 0 Å². The van der Waals surface area contributed by atoms with Crippen LogP contribution in [0.25, 0.3) is 0 Å². The van der Waals surface area contributed by atoms with Gasteiger partial charge in [-0.15, -0.1) is 0 Å². The number of rotatable bonds is 1. The van der Waals surface area contributed by atoms with Crippen LogP contribution < -0.4 is 11.2 Å². The minimum absolute atomic E-state index is 0.258. The van der Waals surface area contributed by atoms with Crippen LogP contribution in [0.3, 0.4) is 0 Å². The molecule has 1 aliphatic rings. The molecule has 0 spiro atoms. The van der Waals surface area contributed by atoms with Crippen LogP contribution in [-0.2, 0) is 9.31 Å². The normalized spacial score (nSPS) is 16.8. The van der Waals surface area contributed by atoms with Crippen molar-refractivity contribution in [3.05, 3.63) is 24.3 Å². The van der Waals surface area contributed by atoms with Gasteiger partial charge in [0.1, 0.15) is 0 Å². The molecule has 3 nitrogen and oxygen atoms in total. The second-order valence-electron chi connectivity index (χ2n) is 2.70. The minimum Gasteiger partial charge on any atom is -0.405 e. The topological polar surface area (TPSA) is 44.5 Å². The Morgan fingerprint density at radius 3 is 2.50 bits per heavy atom. The van der Waals surface area contributed by atoms with E-state index in [1.165, 1.54) is 0 Å². The molecule has 0 bridgehead atoms. The largest absolute Gasteiger partial charge is 0.496 e. The zero-order valence-corrected chi connectivity index (χ0v) is 6.69. The molecule has 4 heteroatoms. The Kier molecular flexibility index (Phi) is 2.02. The van der Waals surface area contributed by atoms with Gasteiger partial charge in [0.15, 0.2) is 0 Å². The van der Waals surface area contributed by atoms with Crippen LogP contribution in [0.5, 0.6) is 0 Å². The summed E-state index contributed by atoms with van der Waals surface area (Å²) in [6.07, 6.45) is 0. The number of benzene rings is 1. The Morgan fingerprint density at radius 2 is 1.83 bits per heavy atom. The van der Waals surface area contributed by atoms with E-state index in [0.717, 1.165) is 11.2 Å². The molecule has 2 rings (SSSR count). The summed E-state index contributed by atoms with van der Waals surface area (Å²) in [5, 5.41) is 0. The monoisotopic (exact) mass is 163 g/mol. The van der Waals surface area contributed by atoms with Gasteiger partial charge in [-0.3, -0.25) is 0 Å². The lowest BCUT2D eigenvalue weighted by Gasteiger charge is -2.06. The molecule has 0 saturated carbocycles. The van der Waals surface area contributed by atoms with E-state index in [9.17, 15) is 0 Å². The van der Waals surface area contributed by atoms with E-state index in [-0.39, 0.29) is 7.12 Å². The molecule has 0 radical (unpaired) electrons. The Morgan fingerprint density at radius 1 is 1.17 bits per heavy atom. The molecule has 0 aliphatic carbocycles. The number of para-hydroxylation sites is 1. The summed E-state index contributed by atoms with van der Waals surface area (Å²) in [6.45, 7) is 1.30. The molecular formula is C8H10BNO2. The summed E-state index contributed by atoms with van der Waals surface area (Å²) in [5.41, 5.74) is 7.39. The first-order valence-corrected chi connectivity index (χ1v) is 3.95. The van der Waals surface area contributed by atoms with Crippen LogP contribution >= 0.6 is 0 Å².